The standard InChI is InChI=1S/C5H13N3/c6-2-1-4-8-5-3-7/h1,4,8H,2-3,5-7H2/b4-1+. The van der Waals surface area contributed by atoms with Gasteiger partial charge in [0.05, 0.1) is 0 Å². The van der Waals surface area contributed by atoms with Crippen LogP contribution in [-0.2, 0) is 0 Å². The van der Waals surface area contributed by atoms with Gasteiger partial charge in [0.15, 0.2) is 0 Å². The summed E-state index contributed by atoms with van der Waals surface area (Å²) in [4.78, 5) is 0. The predicted molar refractivity (Wildman–Crippen MR) is 35.3 cm³/mol. The molecule has 3 heteroatoms. The van der Waals surface area contributed by atoms with Crippen LogP contribution < -0.4 is 16.8 Å². The normalized spacial score (nSPS) is 10.2. The predicted octanol–water partition coefficient (Wildman–Crippen LogP) is -0.993. The fourth-order valence-electron chi connectivity index (χ4n) is 0.318. The molecule has 0 aromatic carbocycles. The molecule has 0 aliphatic rings. The minimum Gasteiger partial charge on any atom is -0.390 e. The molecule has 0 fully saturated rings. The molecule has 0 aliphatic carbocycles. The molecular formula is C5H13N3. The van der Waals surface area contributed by atoms with Crippen LogP contribution in [0.5, 0.6) is 0 Å². The molecule has 0 aromatic rings. The molecular weight excluding hydrogens is 102 g/mol. The van der Waals surface area contributed by atoms with Gasteiger partial charge in [0.25, 0.3) is 0 Å². The van der Waals surface area contributed by atoms with Crippen molar-refractivity contribution in [3.8, 4) is 0 Å². The van der Waals surface area contributed by atoms with E-state index in [1.807, 2.05) is 12.3 Å². The second kappa shape index (κ2) is 6.46. The average molecular weight is 115 g/mol. The Morgan fingerprint density at radius 1 is 1.38 bits per heavy atom. The molecule has 0 unspecified atom stereocenters. The van der Waals surface area contributed by atoms with Gasteiger partial charge >= 0.3 is 0 Å². The summed E-state index contributed by atoms with van der Waals surface area (Å²) < 4.78 is 0. The van der Waals surface area contributed by atoms with E-state index in [1.54, 1.807) is 0 Å². The Morgan fingerprint density at radius 2 is 2.12 bits per heavy atom. The third-order valence-electron chi connectivity index (χ3n) is 0.660. The molecule has 0 radical (unpaired) electrons. The maximum absolute atomic E-state index is 5.18. The van der Waals surface area contributed by atoms with Gasteiger partial charge in [-0.05, 0) is 6.20 Å². The van der Waals surface area contributed by atoms with Gasteiger partial charge in [0.1, 0.15) is 0 Å². The van der Waals surface area contributed by atoms with Crippen LogP contribution in [0.3, 0.4) is 0 Å². The van der Waals surface area contributed by atoms with Crippen LogP contribution in [0.2, 0.25) is 0 Å². The Morgan fingerprint density at radius 3 is 2.62 bits per heavy atom. The van der Waals surface area contributed by atoms with Crippen molar-refractivity contribution in [1.29, 1.82) is 0 Å². The van der Waals surface area contributed by atoms with Gasteiger partial charge < -0.3 is 16.8 Å². The molecule has 0 atom stereocenters. The number of hydrogen-bond donors (Lipinski definition) is 3. The van der Waals surface area contributed by atoms with Gasteiger partial charge in [-0.3, -0.25) is 0 Å². The summed E-state index contributed by atoms with van der Waals surface area (Å²) in [6.45, 7) is 2.06. The summed E-state index contributed by atoms with van der Waals surface area (Å²) >= 11 is 0. The number of rotatable bonds is 4. The Bertz CT molecular complexity index is 60.7. The van der Waals surface area contributed by atoms with Crippen molar-refractivity contribution < 1.29 is 0 Å². The van der Waals surface area contributed by atoms with Crippen molar-refractivity contribution in [2.45, 2.75) is 0 Å². The Labute approximate surface area is 49.7 Å². The van der Waals surface area contributed by atoms with E-state index in [4.69, 9.17) is 11.5 Å². The van der Waals surface area contributed by atoms with Crippen LogP contribution in [0.1, 0.15) is 0 Å². The lowest BCUT2D eigenvalue weighted by Gasteiger charge is -1.92. The zero-order valence-corrected chi connectivity index (χ0v) is 4.93. The lowest BCUT2D eigenvalue weighted by Crippen LogP contribution is -2.17. The van der Waals surface area contributed by atoms with Gasteiger partial charge in [-0.15, -0.1) is 0 Å². The Hall–Kier alpha value is -0.540. The molecule has 0 aliphatic heterocycles. The number of nitrogens with one attached hydrogen (secondary N) is 1. The largest absolute Gasteiger partial charge is 0.390 e. The van der Waals surface area contributed by atoms with Gasteiger partial charge in [-0.2, -0.15) is 0 Å². The minimum atomic E-state index is 0.581. The molecule has 0 bridgehead atoms. The van der Waals surface area contributed by atoms with Crippen LogP contribution in [0.15, 0.2) is 12.3 Å². The monoisotopic (exact) mass is 115 g/mol. The van der Waals surface area contributed by atoms with Gasteiger partial charge in [0, 0.05) is 19.6 Å². The summed E-state index contributed by atoms with van der Waals surface area (Å²) in [5.74, 6) is 0. The molecule has 0 spiro atoms. The molecule has 0 rings (SSSR count). The van der Waals surface area contributed by atoms with Gasteiger partial charge in [-0.1, -0.05) is 6.08 Å². The fourth-order valence-corrected chi connectivity index (χ4v) is 0.318. The van der Waals surface area contributed by atoms with E-state index in [2.05, 4.69) is 5.32 Å². The van der Waals surface area contributed by atoms with Gasteiger partial charge in [-0.25, -0.2) is 0 Å². The van der Waals surface area contributed by atoms with Crippen LogP contribution >= 0.6 is 0 Å². The van der Waals surface area contributed by atoms with Crippen molar-refractivity contribution in [2.24, 2.45) is 11.5 Å². The first-order chi connectivity index (χ1) is 3.91. The summed E-state index contributed by atoms with van der Waals surface area (Å²) in [6, 6.07) is 0. The van der Waals surface area contributed by atoms with Crippen molar-refractivity contribution in [1.82, 2.24) is 5.32 Å². The van der Waals surface area contributed by atoms with E-state index in [0.29, 0.717) is 13.1 Å². The molecule has 0 saturated heterocycles. The highest BCUT2D eigenvalue weighted by atomic mass is 14.8. The molecule has 0 aromatic heterocycles. The first-order valence-electron chi connectivity index (χ1n) is 2.70. The van der Waals surface area contributed by atoms with Crippen molar-refractivity contribution >= 4 is 0 Å². The van der Waals surface area contributed by atoms with Crippen molar-refractivity contribution in [3.63, 3.8) is 0 Å². The van der Waals surface area contributed by atoms with Crippen LogP contribution in [0, 0.1) is 0 Å². The minimum absolute atomic E-state index is 0.581. The Kier molecular flexibility index (Phi) is 6.02. The summed E-state index contributed by atoms with van der Waals surface area (Å²) in [7, 11) is 0. The van der Waals surface area contributed by atoms with E-state index in [9.17, 15) is 0 Å². The molecule has 48 valence electrons. The maximum atomic E-state index is 5.18. The quantitative estimate of drug-likeness (QED) is 0.412. The van der Waals surface area contributed by atoms with Crippen LogP contribution in [-0.4, -0.2) is 19.6 Å². The second-order valence-corrected chi connectivity index (χ2v) is 1.38. The third kappa shape index (κ3) is 5.46. The molecule has 8 heavy (non-hydrogen) atoms. The zero-order valence-electron chi connectivity index (χ0n) is 4.93. The van der Waals surface area contributed by atoms with Gasteiger partial charge in [0.2, 0.25) is 0 Å². The molecule has 5 N–H and O–H groups in total. The number of hydrogen-bond acceptors (Lipinski definition) is 3. The topological polar surface area (TPSA) is 64.1 Å². The molecule has 3 nitrogen and oxygen atoms in total. The molecule has 0 heterocycles. The van der Waals surface area contributed by atoms with Crippen LogP contribution in [0.25, 0.3) is 0 Å². The highest BCUT2D eigenvalue weighted by Crippen LogP contribution is 1.59. The summed E-state index contributed by atoms with van der Waals surface area (Å²) in [5.41, 5.74) is 10.3. The molecule has 0 saturated carbocycles. The lowest BCUT2D eigenvalue weighted by atomic mass is 10.6. The SMILES string of the molecule is NC/C=C/NCCN. The van der Waals surface area contributed by atoms with E-state index in [1.165, 1.54) is 0 Å². The fraction of sp³-hybridized carbons (Fsp3) is 0.600. The second-order valence-electron chi connectivity index (χ2n) is 1.38. The van der Waals surface area contributed by atoms with E-state index in [-0.39, 0.29) is 0 Å². The first-order valence-corrected chi connectivity index (χ1v) is 2.70. The summed E-state index contributed by atoms with van der Waals surface area (Å²) in [5, 5.41) is 2.95. The summed E-state index contributed by atoms with van der Waals surface area (Å²) in [6.07, 6.45) is 3.66. The highest BCUT2D eigenvalue weighted by Gasteiger charge is 1.70. The molecule has 0 amide bonds. The third-order valence-corrected chi connectivity index (χ3v) is 0.660. The van der Waals surface area contributed by atoms with Crippen LogP contribution in [0.4, 0.5) is 0 Å². The van der Waals surface area contributed by atoms with E-state index >= 15 is 0 Å². The first kappa shape index (κ1) is 7.46. The van der Waals surface area contributed by atoms with E-state index < -0.39 is 0 Å². The highest BCUT2D eigenvalue weighted by molar-refractivity contribution is 4.79. The smallest absolute Gasteiger partial charge is 0.0264 e. The zero-order chi connectivity index (χ0) is 6.24. The number of nitrogens with two attached hydrogens (primary N) is 2. The van der Waals surface area contributed by atoms with Crippen molar-refractivity contribution in [2.75, 3.05) is 19.6 Å². The average Bonchev–Trinajstić information content (AvgIpc) is 1.81. The van der Waals surface area contributed by atoms with E-state index in [0.717, 1.165) is 6.54 Å². The van der Waals surface area contributed by atoms with Crippen molar-refractivity contribution in [3.05, 3.63) is 12.3 Å². The maximum Gasteiger partial charge on any atom is 0.0264 e. The lowest BCUT2D eigenvalue weighted by molar-refractivity contribution is 0.839. The Balaban J connectivity index is 2.80.